The zero-order valence-electron chi connectivity index (χ0n) is 13.7. The lowest BCUT2D eigenvalue weighted by molar-refractivity contribution is 0.101. The lowest BCUT2D eigenvalue weighted by Crippen LogP contribution is -2.45. The molecule has 0 spiro atoms. The topological polar surface area (TPSA) is 76.0 Å². The molecule has 1 heterocycles. The molecular formula is C18H22N4O2. The van der Waals surface area contributed by atoms with Crippen LogP contribution in [0.3, 0.4) is 0 Å². The van der Waals surface area contributed by atoms with Crippen LogP contribution in [0, 0.1) is 0 Å². The van der Waals surface area contributed by atoms with E-state index in [9.17, 15) is 9.59 Å². The molecule has 2 N–H and O–H groups in total. The van der Waals surface area contributed by atoms with Crippen LogP contribution in [0.2, 0.25) is 0 Å². The standard InChI is InChI=1S/C18H22N4O2/c1-13(23)14-6-4-7-15(12-14)20-18(24)21-16-8-2-3-9-17(16)22-11-5-10-19-22/h4-7,10-12,16-17H,2-3,8-9H2,1H3,(H2,20,21,24)/t16-,17-/m1/s1. The number of rotatable bonds is 4. The van der Waals surface area contributed by atoms with Crippen molar-refractivity contribution in [2.24, 2.45) is 0 Å². The van der Waals surface area contributed by atoms with E-state index in [1.807, 2.05) is 16.9 Å². The van der Waals surface area contributed by atoms with Gasteiger partial charge in [0.05, 0.1) is 12.1 Å². The molecule has 1 aromatic carbocycles. The Morgan fingerprint density at radius 1 is 1.21 bits per heavy atom. The Balaban J connectivity index is 1.65. The van der Waals surface area contributed by atoms with Crippen molar-refractivity contribution >= 4 is 17.5 Å². The number of hydrogen-bond acceptors (Lipinski definition) is 3. The molecule has 1 saturated carbocycles. The largest absolute Gasteiger partial charge is 0.333 e. The lowest BCUT2D eigenvalue weighted by atomic mass is 9.90. The Kier molecular flexibility index (Phi) is 4.93. The molecule has 0 aliphatic heterocycles. The third-order valence-corrected chi connectivity index (χ3v) is 4.44. The van der Waals surface area contributed by atoms with Crippen LogP contribution in [-0.2, 0) is 0 Å². The second-order valence-electron chi connectivity index (χ2n) is 6.18. The third-order valence-electron chi connectivity index (χ3n) is 4.44. The summed E-state index contributed by atoms with van der Waals surface area (Å²) >= 11 is 0. The minimum absolute atomic E-state index is 0.0231. The summed E-state index contributed by atoms with van der Waals surface area (Å²) in [7, 11) is 0. The highest BCUT2D eigenvalue weighted by Gasteiger charge is 2.28. The van der Waals surface area contributed by atoms with Crippen LogP contribution in [0.1, 0.15) is 49.0 Å². The molecule has 0 unspecified atom stereocenters. The number of ketones is 1. The molecule has 3 rings (SSSR count). The Hall–Kier alpha value is -2.63. The molecule has 1 fully saturated rings. The average Bonchev–Trinajstić information content (AvgIpc) is 3.10. The van der Waals surface area contributed by atoms with Gasteiger partial charge in [-0.05, 0) is 38.0 Å². The summed E-state index contributed by atoms with van der Waals surface area (Å²) in [5.74, 6) is -0.0231. The molecule has 0 radical (unpaired) electrons. The normalized spacial score (nSPS) is 20.4. The number of urea groups is 1. The summed E-state index contributed by atoms with van der Waals surface area (Å²) in [6.07, 6.45) is 7.89. The van der Waals surface area contributed by atoms with Gasteiger partial charge in [0, 0.05) is 23.6 Å². The van der Waals surface area contributed by atoms with Gasteiger partial charge in [0.2, 0.25) is 0 Å². The molecule has 6 nitrogen and oxygen atoms in total. The number of nitrogens with zero attached hydrogens (tertiary/aromatic N) is 2. The first kappa shape index (κ1) is 16.2. The first-order valence-electron chi connectivity index (χ1n) is 8.31. The maximum atomic E-state index is 12.3. The van der Waals surface area contributed by atoms with Crippen LogP contribution in [0.4, 0.5) is 10.5 Å². The Bertz CT molecular complexity index is 712. The fraction of sp³-hybridized carbons (Fsp3) is 0.389. The van der Waals surface area contributed by atoms with E-state index < -0.39 is 0 Å². The summed E-state index contributed by atoms with van der Waals surface area (Å²) in [5, 5.41) is 10.2. The molecule has 0 saturated heterocycles. The lowest BCUT2D eigenvalue weighted by Gasteiger charge is -2.32. The molecule has 1 aliphatic carbocycles. The SMILES string of the molecule is CC(=O)c1cccc(NC(=O)N[C@@H]2CCCC[C@H]2n2cccn2)c1. The van der Waals surface area contributed by atoms with Gasteiger partial charge in [0.25, 0.3) is 0 Å². The smallest absolute Gasteiger partial charge is 0.319 e. The number of aromatic nitrogens is 2. The quantitative estimate of drug-likeness (QED) is 0.846. The van der Waals surface area contributed by atoms with Gasteiger partial charge in [-0.3, -0.25) is 9.48 Å². The Morgan fingerprint density at radius 2 is 2.04 bits per heavy atom. The minimum Gasteiger partial charge on any atom is -0.333 e. The second-order valence-corrected chi connectivity index (χ2v) is 6.18. The number of amides is 2. The fourth-order valence-electron chi connectivity index (χ4n) is 3.22. The Morgan fingerprint density at radius 3 is 2.79 bits per heavy atom. The van der Waals surface area contributed by atoms with Gasteiger partial charge >= 0.3 is 6.03 Å². The third kappa shape index (κ3) is 3.82. The number of hydrogen-bond donors (Lipinski definition) is 2. The van der Waals surface area contributed by atoms with Crippen molar-refractivity contribution in [3.63, 3.8) is 0 Å². The summed E-state index contributed by atoms with van der Waals surface area (Å²) in [4.78, 5) is 23.8. The number of benzene rings is 1. The highest BCUT2D eigenvalue weighted by molar-refractivity contribution is 5.96. The molecule has 126 valence electrons. The van der Waals surface area contributed by atoms with Gasteiger partial charge < -0.3 is 10.6 Å². The maximum Gasteiger partial charge on any atom is 0.319 e. The predicted octanol–water partition coefficient (Wildman–Crippen LogP) is 3.39. The van der Waals surface area contributed by atoms with Crippen LogP contribution < -0.4 is 10.6 Å². The van der Waals surface area contributed by atoms with Gasteiger partial charge in [-0.2, -0.15) is 5.10 Å². The Labute approximate surface area is 141 Å². The monoisotopic (exact) mass is 326 g/mol. The first-order valence-corrected chi connectivity index (χ1v) is 8.31. The van der Waals surface area contributed by atoms with Crippen LogP contribution in [0.15, 0.2) is 42.7 Å². The van der Waals surface area contributed by atoms with Gasteiger partial charge in [-0.1, -0.05) is 25.0 Å². The van der Waals surface area contributed by atoms with Crippen molar-refractivity contribution in [1.82, 2.24) is 15.1 Å². The maximum absolute atomic E-state index is 12.3. The van der Waals surface area contributed by atoms with E-state index in [1.54, 1.807) is 30.5 Å². The van der Waals surface area contributed by atoms with E-state index >= 15 is 0 Å². The highest BCUT2D eigenvalue weighted by Crippen LogP contribution is 2.28. The number of carbonyl (C=O) groups is 2. The summed E-state index contributed by atoms with van der Waals surface area (Å²) < 4.78 is 1.93. The van der Waals surface area contributed by atoms with E-state index in [0.717, 1.165) is 25.7 Å². The molecule has 24 heavy (non-hydrogen) atoms. The minimum atomic E-state index is -0.250. The van der Waals surface area contributed by atoms with Crippen LogP contribution in [0.25, 0.3) is 0 Å². The van der Waals surface area contributed by atoms with Crippen LogP contribution in [0.5, 0.6) is 0 Å². The fourth-order valence-corrected chi connectivity index (χ4v) is 3.22. The van der Waals surface area contributed by atoms with E-state index in [2.05, 4.69) is 15.7 Å². The van der Waals surface area contributed by atoms with E-state index in [-0.39, 0.29) is 23.9 Å². The number of Topliss-reactive ketones (excluding diaryl/α,β-unsaturated/α-hetero) is 1. The molecule has 6 heteroatoms. The van der Waals surface area contributed by atoms with Crippen molar-refractivity contribution in [2.45, 2.75) is 44.7 Å². The number of nitrogens with one attached hydrogen (secondary N) is 2. The van der Waals surface area contributed by atoms with E-state index in [4.69, 9.17) is 0 Å². The second kappa shape index (κ2) is 7.29. The first-order chi connectivity index (χ1) is 11.6. The molecular weight excluding hydrogens is 304 g/mol. The van der Waals surface area contributed by atoms with E-state index in [1.165, 1.54) is 6.92 Å². The highest BCUT2D eigenvalue weighted by atomic mass is 16.2. The molecule has 1 aliphatic rings. The summed E-state index contributed by atoms with van der Waals surface area (Å²) in [6, 6.07) is 8.85. The molecule has 2 amide bonds. The van der Waals surface area contributed by atoms with Gasteiger partial charge in [0.15, 0.2) is 5.78 Å². The number of anilines is 1. The van der Waals surface area contributed by atoms with E-state index in [0.29, 0.717) is 11.3 Å². The summed E-state index contributed by atoms with van der Waals surface area (Å²) in [6.45, 7) is 1.51. The van der Waals surface area contributed by atoms with Crippen LogP contribution >= 0.6 is 0 Å². The van der Waals surface area contributed by atoms with Gasteiger partial charge in [0.1, 0.15) is 0 Å². The number of carbonyl (C=O) groups excluding carboxylic acids is 2. The van der Waals surface area contributed by atoms with Crippen molar-refractivity contribution in [3.05, 3.63) is 48.3 Å². The average molecular weight is 326 g/mol. The molecule has 2 atom stereocenters. The van der Waals surface area contributed by atoms with Crippen molar-refractivity contribution < 1.29 is 9.59 Å². The zero-order valence-corrected chi connectivity index (χ0v) is 13.7. The molecule has 1 aromatic heterocycles. The molecule has 0 bridgehead atoms. The van der Waals surface area contributed by atoms with Gasteiger partial charge in [-0.25, -0.2) is 4.79 Å². The molecule has 2 aromatic rings. The van der Waals surface area contributed by atoms with Crippen molar-refractivity contribution in [3.8, 4) is 0 Å². The van der Waals surface area contributed by atoms with Gasteiger partial charge in [-0.15, -0.1) is 0 Å². The van der Waals surface area contributed by atoms with Crippen LogP contribution in [-0.4, -0.2) is 27.6 Å². The predicted molar refractivity (Wildman–Crippen MR) is 92.1 cm³/mol. The van der Waals surface area contributed by atoms with Crippen molar-refractivity contribution in [1.29, 1.82) is 0 Å². The zero-order chi connectivity index (χ0) is 16.9. The summed E-state index contributed by atoms with van der Waals surface area (Å²) in [5.41, 5.74) is 1.20. The van der Waals surface area contributed by atoms with Crippen molar-refractivity contribution in [2.75, 3.05) is 5.32 Å².